The van der Waals surface area contributed by atoms with Crippen LogP contribution in [0.1, 0.15) is 29.5 Å². The van der Waals surface area contributed by atoms with Gasteiger partial charge in [-0.25, -0.2) is 0 Å². The van der Waals surface area contributed by atoms with E-state index in [0.29, 0.717) is 22.7 Å². The zero-order chi connectivity index (χ0) is 11.4. The number of hydrogen-bond acceptors (Lipinski definition) is 3. The van der Waals surface area contributed by atoms with Crippen LogP contribution >= 0.6 is 12.2 Å². The normalized spacial score (nSPS) is 12.1. The molecule has 1 heterocycles. The van der Waals surface area contributed by atoms with E-state index < -0.39 is 0 Å². The van der Waals surface area contributed by atoms with Crippen LogP contribution in [0.25, 0.3) is 0 Å². The van der Waals surface area contributed by atoms with Crippen LogP contribution in [0.5, 0.6) is 0 Å². The molecular weight excluding hydrogens is 212 g/mol. The molecule has 1 atom stereocenters. The number of furan rings is 1. The lowest BCUT2D eigenvalue weighted by Crippen LogP contribution is -2.35. The predicted octanol–water partition coefficient (Wildman–Crippen LogP) is 1.38. The van der Waals surface area contributed by atoms with E-state index in [9.17, 15) is 4.79 Å². The van der Waals surface area contributed by atoms with Crippen molar-refractivity contribution in [1.82, 2.24) is 5.32 Å². The highest BCUT2D eigenvalue weighted by molar-refractivity contribution is 7.80. The molecule has 3 N–H and O–H groups in total. The standard InChI is InChI=1S/C10H14N2O2S/c1-6(3-9(11)15)12-10(13)8-4-7(2)14-5-8/h4-6H,3H2,1-2H3,(H2,11,15)(H,12,13). The first-order valence-electron chi connectivity index (χ1n) is 4.63. The molecule has 0 radical (unpaired) electrons. The van der Waals surface area contributed by atoms with Crippen molar-refractivity contribution in [3.05, 3.63) is 23.7 Å². The third-order valence-corrected chi connectivity index (χ3v) is 2.04. The van der Waals surface area contributed by atoms with Crippen LogP contribution in [0.2, 0.25) is 0 Å². The molecule has 1 rings (SSSR count). The molecule has 1 amide bonds. The van der Waals surface area contributed by atoms with E-state index in [4.69, 9.17) is 22.4 Å². The van der Waals surface area contributed by atoms with E-state index in [1.807, 2.05) is 6.92 Å². The lowest BCUT2D eigenvalue weighted by atomic mass is 10.2. The largest absolute Gasteiger partial charge is 0.469 e. The van der Waals surface area contributed by atoms with E-state index in [-0.39, 0.29) is 11.9 Å². The average molecular weight is 226 g/mol. The number of nitrogens with two attached hydrogens (primary N) is 1. The summed E-state index contributed by atoms with van der Waals surface area (Å²) in [6, 6.07) is 1.62. The Kier molecular flexibility index (Phi) is 3.85. The predicted molar refractivity (Wildman–Crippen MR) is 61.8 cm³/mol. The number of amides is 1. The molecule has 1 aromatic heterocycles. The summed E-state index contributed by atoms with van der Waals surface area (Å²) in [6.45, 7) is 3.64. The van der Waals surface area contributed by atoms with Crippen LogP contribution in [0.3, 0.4) is 0 Å². The van der Waals surface area contributed by atoms with Gasteiger partial charge in [0.25, 0.3) is 5.91 Å². The molecule has 5 heteroatoms. The van der Waals surface area contributed by atoms with Gasteiger partial charge in [0, 0.05) is 12.5 Å². The van der Waals surface area contributed by atoms with Crippen molar-refractivity contribution < 1.29 is 9.21 Å². The monoisotopic (exact) mass is 226 g/mol. The highest BCUT2D eigenvalue weighted by Gasteiger charge is 2.12. The number of carbonyl (C=O) groups excluding carboxylic acids is 1. The Morgan fingerprint density at radius 3 is 2.87 bits per heavy atom. The van der Waals surface area contributed by atoms with Crippen molar-refractivity contribution in [3.8, 4) is 0 Å². The van der Waals surface area contributed by atoms with Crippen molar-refractivity contribution in [2.75, 3.05) is 0 Å². The number of thiocarbonyl (C=S) groups is 1. The van der Waals surface area contributed by atoms with Gasteiger partial charge in [-0.3, -0.25) is 4.79 Å². The number of nitrogens with one attached hydrogen (secondary N) is 1. The average Bonchev–Trinajstić information content (AvgIpc) is 2.49. The van der Waals surface area contributed by atoms with Crippen molar-refractivity contribution in [3.63, 3.8) is 0 Å². The molecule has 4 nitrogen and oxygen atoms in total. The third kappa shape index (κ3) is 3.71. The summed E-state index contributed by atoms with van der Waals surface area (Å²) >= 11 is 4.75. The Labute approximate surface area is 93.8 Å². The van der Waals surface area contributed by atoms with Crippen molar-refractivity contribution >= 4 is 23.1 Å². The minimum Gasteiger partial charge on any atom is -0.469 e. The van der Waals surface area contributed by atoms with Crippen LogP contribution < -0.4 is 11.1 Å². The molecular formula is C10H14N2O2S. The number of rotatable bonds is 4. The quantitative estimate of drug-likeness (QED) is 0.761. The second kappa shape index (κ2) is 4.93. The number of carbonyl (C=O) groups is 1. The summed E-state index contributed by atoms with van der Waals surface area (Å²) in [5.74, 6) is 0.540. The van der Waals surface area contributed by atoms with Crippen LogP contribution in [-0.2, 0) is 0 Å². The lowest BCUT2D eigenvalue weighted by molar-refractivity contribution is 0.0940. The maximum Gasteiger partial charge on any atom is 0.254 e. The number of hydrogen-bond donors (Lipinski definition) is 2. The number of aryl methyl sites for hydroxylation is 1. The van der Waals surface area contributed by atoms with Gasteiger partial charge in [0.05, 0.1) is 10.6 Å². The molecule has 1 unspecified atom stereocenters. The summed E-state index contributed by atoms with van der Waals surface area (Å²) in [6.07, 6.45) is 1.93. The van der Waals surface area contributed by atoms with E-state index >= 15 is 0 Å². The molecule has 82 valence electrons. The Morgan fingerprint density at radius 2 is 2.40 bits per heavy atom. The highest BCUT2D eigenvalue weighted by atomic mass is 32.1. The SMILES string of the molecule is Cc1cc(C(=O)NC(C)CC(N)=S)co1. The second-order valence-corrected chi connectivity index (χ2v) is 4.02. The van der Waals surface area contributed by atoms with Crippen LogP contribution in [0.4, 0.5) is 0 Å². The first kappa shape index (κ1) is 11.7. The van der Waals surface area contributed by atoms with Gasteiger partial charge in [-0.2, -0.15) is 0 Å². The zero-order valence-electron chi connectivity index (χ0n) is 8.74. The lowest BCUT2D eigenvalue weighted by Gasteiger charge is -2.11. The van der Waals surface area contributed by atoms with Gasteiger partial charge in [0.15, 0.2) is 0 Å². The summed E-state index contributed by atoms with van der Waals surface area (Å²) in [7, 11) is 0. The molecule has 0 aromatic carbocycles. The minimum atomic E-state index is -0.171. The first-order chi connectivity index (χ1) is 6.99. The van der Waals surface area contributed by atoms with E-state index in [1.54, 1.807) is 13.0 Å². The van der Waals surface area contributed by atoms with Gasteiger partial charge in [-0.05, 0) is 19.9 Å². The molecule has 0 saturated heterocycles. The maximum absolute atomic E-state index is 11.6. The molecule has 0 spiro atoms. The first-order valence-corrected chi connectivity index (χ1v) is 5.04. The molecule has 0 fully saturated rings. The van der Waals surface area contributed by atoms with Crippen molar-refractivity contribution in [1.29, 1.82) is 0 Å². The third-order valence-electron chi connectivity index (χ3n) is 1.88. The fourth-order valence-corrected chi connectivity index (χ4v) is 1.47. The smallest absolute Gasteiger partial charge is 0.254 e. The van der Waals surface area contributed by atoms with Crippen molar-refractivity contribution in [2.45, 2.75) is 26.3 Å². The Bertz CT molecular complexity index is 373. The molecule has 15 heavy (non-hydrogen) atoms. The minimum absolute atomic E-state index is 0.0646. The Morgan fingerprint density at radius 1 is 1.73 bits per heavy atom. The van der Waals surface area contributed by atoms with Crippen LogP contribution in [0.15, 0.2) is 16.7 Å². The highest BCUT2D eigenvalue weighted by Crippen LogP contribution is 2.06. The maximum atomic E-state index is 11.6. The van der Waals surface area contributed by atoms with Crippen LogP contribution in [-0.4, -0.2) is 16.9 Å². The summed E-state index contributed by atoms with van der Waals surface area (Å²) in [5, 5.41) is 2.77. The van der Waals surface area contributed by atoms with Gasteiger partial charge in [0.2, 0.25) is 0 Å². The Hall–Kier alpha value is -1.36. The van der Waals surface area contributed by atoms with E-state index in [2.05, 4.69) is 5.32 Å². The molecule has 1 aromatic rings. The van der Waals surface area contributed by atoms with Gasteiger partial charge in [0.1, 0.15) is 12.0 Å². The van der Waals surface area contributed by atoms with Gasteiger partial charge in [-0.15, -0.1) is 0 Å². The molecule has 0 aliphatic carbocycles. The van der Waals surface area contributed by atoms with E-state index in [1.165, 1.54) is 6.26 Å². The summed E-state index contributed by atoms with van der Waals surface area (Å²) in [4.78, 5) is 12.0. The molecule has 0 aliphatic heterocycles. The summed E-state index contributed by atoms with van der Waals surface area (Å²) in [5.41, 5.74) is 5.89. The van der Waals surface area contributed by atoms with Crippen molar-refractivity contribution in [2.24, 2.45) is 5.73 Å². The van der Waals surface area contributed by atoms with E-state index in [0.717, 1.165) is 0 Å². The molecule has 0 aliphatic rings. The van der Waals surface area contributed by atoms with Gasteiger partial charge in [-0.1, -0.05) is 12.2 Å². The molecule has 0 bridgehead atoms. The summed E-state index contributed by atoms with van der Waals surface area (Å²) < 4.78 is 5.04. The fraction of sp³-hybridized carbons (Fsp3) is 0.400. The fourth-order valence-electron chi connectivity index (χ4n) is 1.22. The topological polar surface area (TPSA) is 68.3 Å². The van der Waals surface area contributed by atoms with Gasteiger partial charge < -0.3 is 15.5 Å². The Balaban J connectivity index is 2.52. The molecule has 0 saturated carbocycles. The second-order valence-electron chi connectivity index (χ2n) is 3.49. The zero-order valence-corrected chi connectivity index (χ0v) is 9.56. The van der Waals surface area contributed by atoms with Gasteiger partial charge >= 0.3 is 0 Å². The van der Waals surface area contributed by atoms with Crippen LogP contribution in [0, 0.1) is 6.92 Å².